The first-order valence-electron chi connectivity index (χ1n) is 11.2. The van der Waals surface area contributed by atoms with Crippen molar-refractivity contribution >= 4 is 11.6 Å². The third-order valence-electron chi connectivity index (χ3n) is 5.94. The molecular formula is C25H35N3O3. The fourth-order valence-electron chi connectivity index (χ4n) is 3.67. The lowest BCUT2D eigenvalue weighted by atomic mass is 9.99. The van der Waals surface area contributed by atoms with Crippen LogP contribution in [-0.4, -0.2) is 68.7 Å². The Hall–Kier alpha value is -2.57. The molecule has 1 heterocycles. The van der Waals surface area contributed by atoms with Gasteiger partial charge < -0.3 is 14.8 Å². The number of methoxy groups -OCH3 is 1. The average molecular weight is 426 g/mol. The van der Waals surface area contributed by atoms with E-state index in [1.807, 2.05) is 36.4 Å². The Morgan fingerprint density at radius 2 is 1.58 bits per heavy atom. The van der Waals surface area contributed by atoms with Crippen LogP contribution in [0, 0.1) is 0 Å². The van der Waals surface area contributed by atoms with Gasteiger partial charge in [0.15, 0.2) is 0 Å². The number of anilines is 1. The molecule has 1 N–H and O–H groups in total. The van der Waals surface area contributed by atoms with Crippen LogP contribution >= 0.6 is 0 Å². The van der Waals surface area contributed by atoms with Crippen LogP contribution in [0.1, 0.15) is 31.7 Å². The molecule has 0 unspecified atom stereocenters. The van der Waals surface area contributed by atoms with Crippen LogP contribution in [0.2, 0.25) is 0 Å². The molecule has 1 fully saturated rings. The standard InChI is InChI=1S/C25H35N3O3/c1-4-20(2)21-5-7-22(8-6-21)26-25(29)19-28-15-13-27(14-16-28)17-18-31-24-11-9-23(30-3)10-12-24/h5-12,20H,4,13-19H2,1-3H3,(H,26,29)/t20-/m1/s1. The van der Waals surface area contributed by atoms with E-state index in [-0.39, 0.29) is 5.91 Å². The number of carbonyl (C=O) groups is 1. The molecule has 1 saturated heterocycles. The number of hydrogen-bond donors (Lipinski definition) is 1. The largest absolute Gasteiger partial charge is 0.497 e. The third-order valence-corrected chi connectivity index (χ3v) is 5.94. The molecule has 0 aromatic heterocycles. The molecule has 1 aliphatic rings. The van der Waals surface area contributed by atoms with E-state index >= 15 is 0 Å². The second-order valence-electron chi connectivity index (χ2n) is 8.12. The van der Waals surface area contributed by atoms with Gasteiger partial charge in [-0.15, -0.1) is 0 Å². The quantitative estimate of drug-likeness (QED) is 0.627. The average Bonchev–Trinajstić information content (AvgIpc) is 2.80. The van der Waals surface area contributed by atoms with Gasteiger partial charge in [0.1, 0.15) is 18.1 Å². The van der Waals surface area contributed by atoms with Gasteiger partial charge in [0.05, 0.1) is 13.7 Å². The molecule has 0 saturated carbocycles. The molecule has 1 atom stereocenters. The molecular weight excluding hydrogens is 390 g/mol. The van der Waals surface area contributed by atoms with Crippen LogP contribution in [-0.2, 0) is 4.79 Å². The number of benzene rings is 2. The number of nitrogens with one attached hydrogen (secondary N) is 1. The molecule has 1 aliphatic heterocycles. The van der Waals surface area contributed by atoms with E-state index in [1.165, 1.54) is 5.56 Å². The van der Waals surface area contributed by atoms with Crippen molar-refractivity contribution in [3.05, 3.63) is 54.1 Å². The Labute approximate surface area is 186 Å². The van der Waals surface area contributed by atoms with E-state index in [0.717, 1.165) is 56.3 Å². The maximum Gasteiger partial charge on any atom is 0.238 e. The molecule has 3 rings (SSSR count). The van der Waals surface area contributed by atoms with Gasteiger partial charge in [0, 0.05) is 38.4 Å². The summed E-state index contributed by atoms with van der Waals surface area (Å²) in [7, 11) is 1.66. The van der Waals surface area contributed by atoms with Gasteiger partial charge >= 0.3 is 0 Å². The van der Waals surface area contributed by atoms with Crippen molar-refractivity contribution in [1.29, 1.82) is 0 Å². The van der Waals surface area contributed by atoms with Crippen LogP contribution < -0.4 is 14.8 Å². The molecule has 0 radical (unpaired) electrons. The summed E-state index contributed by atoms with van der Waals surface area (Å²) in [4.78, 5) is 17.0. The highest BCUT2D eigenvalue weighted by atomic mass is 16.5. The first-order valence-corrected chi connectivity index (χ1v) is 11.2. The van der Waals surface area contributed by atoms with E-state index in [1.54, 1.807) is 7.11 Å². The van der Waals surface area contributed by atoms with Crippen molar-refractivity contribution in [2.45, 2.75) is 26.2 Å². The summed E-state index contributed by atoms with van der Waals surface area (Å²) in [5.41, 5.74) is 2.18. The zero-order chi connectivity index (χ0) is 22.1. The van der Waals surface area contributed by atoms with Gasteiger partial charge in [0.2, 0.25) is 5.91 Å². The van der Waals surface area contributed by atoms with Crippen molar-refractivity contribution in [2.24, 2.45) is 0 Å². The van der Waals surface area contributed by atoms with Crippen LogP contribution in [0.3, 0.4) is 0 Å². The van der Waals surface area contributed by atoms with Crippen molar-refractivity contribution in [2.75, 3.05) is 58.3 Å². The Bertz CT molecular complexity index is 800. The molecule has 2 aromatic rings. The summed E-state index contributed by atoms with van der Waals surface area (Å²) >= 11 is 0. The normalized spacial score (nSPS) is 16.0. The van der Waals surface area contributed by atoms with E-state index < -0.39 is 0 Å². The second-order valence-corrected chi connectivity index (χ2v) is 8.12. The minimum absolute atomic E-state index is 0.0487. The maximum atomic E-state index is 12.4. The van der Waals surface area contributed by atoms with Gasteiger partial charge in [-0.2, -0.15) is 0 Å². The topological polar surface area (TPSA) is 54.0 Å². The third kappa shape index (κ3) is 7.26. The van der Waals surface area contributed by atoms with Crippen molar-refractivity contribution in [1.82, 2.24) is 9.80 Å². The number of piperazine rings is 1. The first kappa shape index (κ1) is 23.1. The molecule has 6 nitrogen and oxygen atoms in total. The van der Waals surface area contributed by atoms with Gasteiger partial charge in [-0.05, 0) is 54.3 Å². The molecule has 0 bridgehead atoms. The minimum atomic E-state index is 0.0487. The Kier molecular flexibility index (Phi) is 8.74. The Balaban J connectivity index is 1.33. The summed E-state index contributed by atoms with van der Waals surface area (Å²) < 4.78 is 11.0. The summed E-state index contributed by atoms with van der Waals surface area (Å²) in [6, 6.07) is 15.9. The Morgan fingerprint density at radius 1 is 0.968 bits per heavy atom. The summed E-state index contributed by atoms with van der Waals surface area (Å²) in [5, 5.41) is 3.02. The zero-order valence-electron chi connectivity index (χ0n) is 19.0. The lowest BCUT2D eigenvalue weighted by Gasteiger charge is -2.34. The minimum Gasteiger partial charge on any atom is -0.497 e. The summed E-state index contributed by atoms with van der Waals surface area (Å²) in [6.07, 6.45) is 1.12. The summed E-state index contributed by atoms with van der Waals surface area (Å²) in [6.45, 7) is 10.1. The highest BCUT2D eigenvalue weighted by molar-refractivity contribution is 5.92. The van der Waals surface area contributed by atoms with E-state index in [0.29, 0.717) is 19.1 Å². The van der Waals surface area contributed by atoms with Crippen molar-refractivity contribution in [3.63, 3.8) is 0 Å². The number of carbonyl (C=O) groups excluding carboxylic acids is 1. The van der Waals surface area contributed by atoms with Crippen LogP contribution in [0.4, 0.5) is 5.69 Å². The van der Waals surface area contributed by atoms with Gasteiger partial charge in [-0.1, -0.05) is 26.0 Å². The van der Waals surface area contributed by atoms with Crippen LogP contribution in [0.15, 0.2) is 48.5 Å². The smallest absolute Gasteiger partial charge is 0.238 e. The maximum absolute atomic E-state index is 12.4. The van der Waals surface area contributed by atoms with Gasteiger partial charge in [-0.25, -0.2) is 0 Å². The van der Waals surface area contributed by atoms with Gasteiger partial charge in [-0.3, -0.25) is 14.6 Å². The van der Waals surface area contributed by atoms with E-state index in [4.69, 9.17) is 9.47 Å². The van der Waals surface area contributed by atoms with Crippen molar-refractivity contribution in [3.8, 4) is 11.5 Å². The Morgan fingerprint density at radius 3 is 2.19 bits per heavy atom. The predicted molar refractivity (Wildman–Crippen MR) is 125 cm³/mol. The SMILES string of the molecule is CC[C@@H](C)c1ccc(NC(=O)CN2CCN(CCOc3ccc(OC)cc3)CC2)cc1. The van der Waals surface area contributed by atoms with E-state index in [9.17, 15) is 4.79 Å². The molecule has 0 spiro atoms. The molecule has 1 amide bonds. The highest BCUT2D eigenvalue weighted by Gasteiger charge is 2.19. The monoisotopic (exact) mass is 425 g/mol. The lowest BCUT2D eigenvalue weighted by Crippen LogP contribution is -2.49. The molecule has 6 heteroatoms. The molecule has 0 aliphatic carbocycles. The van der Waals surface area contributed by atoms with Crippen LogP contribution in [0.25, 0.3) is 0 Å². The number of ether oxygens (including phenoxy) is 2. The van der Waals surface area contributed by atoms with Crippen molar-refractivity contribution < 1.29 is 14.3 Å². The fourth-order valence-corrected chi connectivity index (χ4v) is 3.67. The lowest BCUT2D eigenvalue weighted by molar-refractivity contribution is -0.117. The molecule has 2 aromatic carbocycles. The predicted octanol–water partition coefficient (Wildman–Crippen LogP) is 3.84. The fraction of sp³-hybridized carbons (Fsp3) is 0.480. The van der Waals surface area contributed by atoms with Crippen LogP contribution in [0.5, 0.6) is 11.5 Å². The highest BCUT2D eigenvalue weighted by Crippen LogP contribution is 2.20. The molecule has 168 valence electrons. The number of hydrogen-bond acceptors (Lipinski definition) is 5. The number of rotatable bonds is 10. The van der Waals surface area contributed by atoms with E-state index in [2.05, 4.69) is 41.1 Å². The second kappa shape index (κ2) is 11.7. The zero-order valence-corrected chi connectivity index (χ0v) is 19.0. The van der Waals surface area contributed by atoms with Gasteiger partial charge in [0.25, 0.3) is 0 Å². The first-order chi connectivity index (χ1) is 15.1. The molecule has 31 heavy (non-hydrogen) atoms. The number of amides is 1. The summed E-state index contributed by atoms with van der Waals surface area (Å²) in [5.74, 6) is 2.28. The number of nitrogens with zero attached hydrogens (tertiary/aromatic N) is 2.